The van der Waals surface area contributed by atoms with Crippen molar-refractivity contribution >= 4 is 11.7 Å². The van der Waals surface area contributed by atoms with Crippen molar-refractivity contribution in [3.8, 4) is 0 Å². The van der Waals surface area contributed by atoms with Crippen LogP contribution in [0.1, 0.15) is 37.2 Å². The van der Waals surface area contributed by atoms with Gasteiger partial charge in [-0.05, 0) is 18.8 Å². The van der Waals surface area contributed by atoms with E-state index in [0.29, 0.717) is 23.5 Å². The lowest BCUT2D eigenvalue weighted by Crippen LogP contribution is -2.36. The van der Waals surface area contributed by atoms with Gasteiger partial charge in [0.2, 0.25) is 0 Å². The maximum Gasteiger partial charge on any atom is 0.274 e. The van der Waals surface area contributed by atoms with Crippen molar-refractivity contribution in [3.05, 3.63) is 18.1 Å². The zero-order chi connectivity index (χ0) is 13.1. The number of carbonyl (C=O) groups is 1. The minimum Gasteiger partial charge on any atom is -0.334 e. The van der Waals surface area contributed by atoms with Crippen LogP contribution in [-0.2, 0) is 0 Å². The first-order valence-electron chi connectivity index (χ1n) is 6.21. The lowest BCUT2D eigenvalue weighted by atomic mass is 10.2. The molecular weight excluding hydrogens is 230 g/mol. The number of hydrogen-bond donors (Lipinski definition) is 2. The van der Waals surface area contributed by atoms with Gasteiger partial charge in [0.25, 0.3) is 5.91 Å². The molecule has 0 saturated heterocycles. The van der Waals surface area contributed by atoms with Crippen LogP contribution in [0, 0.1) is 5.92 Å². The number of anilines is 1. The van der Waals surface area contributed by atoms with Crippen LogP contribution in [0.3, 0.4) is 0 Å². The van der Waals surface area contributed by atoms with Crippen LogP contribution < -0.4 is 11.3 Å². The van der Waals surface area contributed by atoms with Crippen LogP contribution in [0.2, 0.25) is 0 Å². The third-order valence-corrected chi connectivity index (χ3v) is 2.81. The van der Waals surface area contributed by atoms with Crippen molar-refractivity contribution in [1.82, 2.24) is 14.9 Å². The highest BCUT2D eigenvalue weighted by Gasteiger charge is 2.33. The Labute approximate surface area is 107 Å². The Bertz CT molecular complexity index is 430. The van der Waals surface area contributed by atoms with Gasteiger partial charge in [0.15, 0.2) is 5.82 Å². The summed E-state index contributed by atoms with van der Waals surface area (Å²) in [7, 11) is 0. The monoisotopic (exact) mass is 249 g/mol. The van der Waals surface area contributed by atoms with E-state index in [1.807, 2.05) is 4.90 Å². The molecule has 0 bridgehead atoms. The highest BCUT2D eigenvalue weighted by Crippen LogP contribution is 2.28. The summed E-state index contributed by atoms with van der Waals surface area (Å²) in [6.45, 7) is 4.96. The fraction of sp³-hybridized carbons (Fsp3) is 0.583. The number of amides is 1. The van der Waals surface area contributed by atoms with E-state index < -0.39 is 0 Å². The number of rotatable bonds is 5. The predicted octanol–water partition coefficient (Wildman–Crippen LogP) is 1.02. The molecule has 0 spiro atoms. The summed E-state index contributed by atoms with van der Waals surface area (Å²) in [6.07, 6.45) is 5.14. The molecule has 2 rings (SSSR count). The van der Waals surface area contributed by atoms with Crippen LogP contribution in [0.5, 0.6) is 0 Å². The summed E-state index contributed by atoms with van der Waals surface area (Å²) in [5, 5.41) is 0. The number of nitrogens with one attached hydrogen (secondary N) is 1. The zero-order valence-electron chi connectivity index (χ0n) is 10.8. The standard InChI is InChI=1S/C12H19N5O/c1-8(2)7-17(9-3-4-9)12(18)10-5-14-6-11(15-10)16-13/h5-6,8-9H,3-4,7,13H2,1-2H3,(H,15,16). The van der Waals surface area contributed by atoms with Crippen molar-refractivity contribution in [2.75, 3.05) is 12.0 Å². The minimum atomic E-state index is -0.0594. The molecule has 0 atom stereocenters. The molecule has 1 heterocycles. The molecule has 6 nitrogen and oxygen atoms in total. The van der Waals surface area contributed by atoms with Gasteiger partial charge in [-0.15, -0.1) is 0 Å². The van der Waals surface area contributed by atoms with Gasteiger partial charge < -0.3 is 10.3 Å². The fourth-order valence-electron chi connectivity index (χ4n) is 1.86. The highest BCUT2D eigenvalue weighted by atomic mass is 16.2. The van der Waals surface area contributed by atoms with E-state index in [1.54, 1.807) is 0 Å². The third kappa shape index (κ3) is 2.95. The van der Waals surface area contributed by atoms with Gasteiger partial charge in [0.05, 0.1) is 12.4 Å². The minimum absolute atomic E-state index is 0.0594. The van der Waals surface area contributed by atoms with E-state index in [2.05, 4.69) is 29.2 Å². The molecule has 3 N–H and O–H groups in total. The van der Waals surface area contributed by atoms with E-state index in [-0.39, 0.29) is 5.91 Å². The Balaban J connectivity index is 2.16. The van der Waals surface area contributed by atoms with Gasteiger partial charge in [0.1, 0.15) is 5.69 Å². The molecule has 1 fully saturated rings. The molecule has 1 aromatic heterocycles. The number of hydrogen-bond acceptors (Lipinski definition) is 5. The van der Waals surface area contributed by atoms with Gasteiger partial charge in [-0.25, -0.2) is 10.8 Å². The molecule has 0 aliphatic heterocycles. The van der Waals surface area contributed by atoms with Gasteiger partial charge in [0, 0.05) is 12.6 Å². The van der Waals surface area contributed by atoms with E-state index in [9.17, 15) is 4.79 Å². The Morgan fingerprint density at radius 3 is 2.83 bits per heavy atom. The van der Waals surface area contributed by atoms with Crippen LogP contribution in [-0.4, -0.2) is 33.4 Å². The van der Waals surface area contributed by atoms with Crippen molar-refractivity contribution in [3.63, 3.8) is 0 Å². The summed E-state index contributed by atoms with van der Waals surface area (Å²) in [5.41, 5.74) is 2.75. The third-order valence-electron chi connectivity index (χ3n) is 2.81. The van der Waals surface area contributed by atoms with Gasteiger partial charge in [-0.2, -0.15) is 0 Å². The molecule has 1 amide bonds. The van der Waals surface area contributed by atoms with E-state index in [0.717, 1.165) is 19.4 Å². The van der Waals surface area contributed by atoms with Crippen molar-refractivity contribution in [1.29, 1.82) is 0 Å². The quantitative estimate of drug-likeness (QED) is 0.601. The van der Waals surface area contributed by atoms with E-state index in [4.69, 9.17) is 5.84 Å². The Morgan fingerprint density at radius 2 is 2.28 bits per heavy atom. The summed E-state index contributed by atoms with van der Waals surface area (Å²) < 4.78 is 0. The maximum atomic E-state index is 12.4. The second-order valence-corrected chi connectivity index (χ2v) is 5.02. The first-order valence-corrected chi connectivity index (χ1v) is 6.21. The SMILES string of the molecule is CC(C)CN(C(=O)c1cncc(NN)n1)C1CC1. The Kier molecular flexibility index (Phi) is 3.76. The van der Waals surface area contributed by atoms with Gasteiger partial charge in [-0.1, -0.05) is 13.8 Å². The molecule has 0 unspecified atom stereocenters. The van der Waals surface area contributed by atoms with E-state index >= 15 is 0 Å². The molecule has 0 radical (unpaired) electrons. The van der Waals surface area contributed by atoms with Crippen LogP contribution in [0.4, 0.5) is 5.82 Å². The molecule has 1 aliphatic rings. The summed E-state index contributed by atoms with van der Waals surface area (Å²) in [4.78, 5) is 22.4. The molecule has 1 aliphatic carbocycles. The Hall–Kier alpha value is -1.69. The molecular formula is C12H19N5O. The average molecular weight is 249 g/mol. The smallest absolute Gasteiger partial charge is 0.274 e. The topological polar surface area (TPSA) is 84.1 Å². The number of nitrogen functional groups attached to an aromatic ring is 1. The lowest BCUT2D eigenvalue weighted by molar-refractivity contribution is 0.0716. The largest absolute Gasteiger partial charge is 0.334 e. The van der Waals surface area contributed by atoms with Crippen LogP contribution in [0.15, 0.2) is 12.4 Å². The lowest BCUT2D eigenvalue weighted by Gasteiger charge is -2.24. The molecule has 1 saturated carbocycles. The summed E-state index contributed by atoms with van der Waals surface area (Å²) in [5.74, 6) is 6.06. The molecule has 18 heavy (non-hydrogen) atoms. The summed E-state index contributed by atoms with van der Waals surface area (Å²) in [6, 6.07) is 0.371. The van der Waals surface area contributed by atoms with Crippen molar-refractivity contribution in [2.45, 2.75) is 32.7 Å². The number of aromatic nitrogens is 2. The van der Waals surface area contributed by atoms with Crippen molar-refractivity contribution < 1.29 is 4.79 Å². The first kappa shape index (κ1) is 12.8. The summed E-state index contributed by atoms with van der Waals surface area (Å²) >= 11 is 0. The second kappa shape index (κ2) is 5.30. The zero-order valence-corrected chi connectivity index (χ0v) is 10.8. The van der Waals surface area contributed by atoms with E-state index in [1.165, 1.54) is 12.4 Å². The normalized spacial score (nSPS) is 14.7. The molecule has 0 aromatic carbocycles. The van der Waals surface area contributed by atoms with Gasteiger partial charge in [-0.3, -0.25) is 9.78 Å². The number of carbonyl (C=O) groups excluding carboxylic acids is 1. The molecule has 6 heteroatoms. The molecule has 98 valence electrons. The first-order chi connectivity index (χ1) is 8.61. The number of hydrazine groups is 1. The van der Waals surface area contributed by atoms with Crippen LogP contribution in [0.25, 0.3) is 0 Å². The predicted molar refractivity (Wildman–Crippen MR) is 68.7 cm³/mol. The highest BCUT2D eigenvalue weighted by molar-refractivity contribution is 5.92. The van der Waals surface area contributed by atoms with Crippen LogP contribution >= 0.6 is 0 Å². The second-order valence-electron chi connectivity index (χ2n) is 5.02. The fourth-order valence-corrected chi connectivity index (χ4v) is 1.86. The number of nitrogens with two attached hydrogens (primary N) is 1. The van der Waals surface area contributed by atoms with Crippen molar-refractivity contribution in [2.24, 2.45) is 11.8 Å². The molecule has 1 aromatic rings. The average Bonchev–Trinajstić information content (AvgIpc) is 3.19. The van der Waals surface area contributed by atoms with Gasteiger partial charge >= 0.3 is 0 Å². The Morgan fingerprint density at radius 1 is 1.56 bits per heavy atom. The number of nitrogens with zero attached hydrogens (tertiary/aromatic N) is 3. The maximum absolute atomic E-state index is 12.4.